The summed E-state index contributed by atoms with van der Waals surface area (Å²) in [6.07, 6.45) is 3.39. The molecular weight excluding hydrogens is 314 g/mol. The van der Waals surface area contributed by atoms with Gasteiger partial charge in [0.2, 0.25) is 0 Å². The third-order valence-corrected chi connectivity index (χ3v) is 3.44. The number of hydrogen-bond acceptors (Lipinski definition) is 3. The standard InChI is InChI=1S/C13H13BrClN3/c1-8-13(17-6-5-16-8)9(2)18-12-4-3-10(14)7-11(12)15/h3-7,9,18H,1-2H3. The van der Waals surface area contributed by atoms with E-state index in [1.54, 1.807) is 12.4 Å². The van der Waals surface area contributed by atoms with Crippen LogP contribution in [0.3, 0.4) is 0 Å². The Morgan fingerprint density at radius 2 is 2.00 bits per heavy atom. The number of anilines is 1. The highest BCUT2D eigenvalue weighted by Gasteiger charge is 2.11. The Balaban J connectivity index is 2.21. The molecule has 1 atom stereocenters. The van der Waals surface area contributed by atoms with Crippen LogP contribution in [0.2, 0.25) is 5.02 Å². The summed E-state index contributed by atoms with van der Waals surface area (Å²) in [6.45, 7) is 3.99. The average molecular weight is 327 g/mol. The number of nitrogens with one attached hydrogen (secondary N) is 1. The van der Waals surface area contributed by atoms with E-state index in [0.717, 1.165) is 21.5 Å². The molecule has 1 unspecified atom stereocenters. The van der Waals surface area contributed by atoms with Gasteiger partial charge in [0.25, 0.3) is 0 Å². The second-order valence-corrected chi connectivity index (χ2v) is 5.34. The van der Waals surface area contributed by atoms with Crippen LogP contribution in [0, 0.1) is 6.92 Å². The Morgan fingerprint density at radius 3 is 2.67 bits per heavy atom. The Hall–Kier alpha value is -1.13. The zero-order chi connectivity index (χ0) is 13.1. The van der Waals surface area contributed by atoms with Crippen molar-refractivity contribution in [2.24, 2.45) is 0 Å². The van der Waals surface area contributed by atoms with Gasteiger partial charge in [0.05, 0.1) is 28.1 Å². The van der Waals surface area contributed by atoms with Gasteiger partial charge in [0.1, 0.15) is 0 Å². The molecule has 18 heavy (non-hydrogen) atoms. The van der Waals surface area contributed by atoms with E-state index in [1.165, 1.54) is 0 Å². The van der Waals surface area contributed by atoms with Gasteiger partial charge in [-0.3, -0.25) is 9.97 Å². The second-order valence-electron chi connectivity index (χ2n) is 4.02. The zero-order valence-electron chi connectivity index (χ0n) is 10.1. The van der Waals surface area contributed by atoms with Crippen LogP contribution in [0.25, 0.3) is 0 Å². The predicted molar refractivity (Wildman–Crippen MR) is 78.0 cm³/mol. The summed E-state index contributed by atoms with van der Waals surface area (Å²) in [7, 11) is 0. The van der Waals surface area contributed by atoms with Gasteiger partial charge in [-0.1, -0.05) is 27.5 Å². The van der Waals surface area contributed by atoms with E-state index >= 15 is 0 Å². The van der Waals surface area contributed by atoms with Crippen molar-refractivity contribution < 1.29 is 0 Å². The van der Waals surface area contributed by atoms with Crippen molar-refractivity contribution in [3.8, 4) is 0 Å². The first-order chi connectivity index (χ1) is 8.58. The quantitative estimate of drug-likeness (QED) is 0.910. The molecule has 0 aliphatic rings. The third-order valence-electron chi connectivity index (χ3n) is 2.63. The van der Waals surface area contributed by atoms with E-state index < -0.39 is 0 Å². The van der Waals surface area contributed by atoms with Gasteiger partial charge < -0.3 is 5.32 Å². The predicted octanol–water partition coefficient (Wildman–Crippen LogP) is 4.37. The normalized spacial score (nSPS) is 12.2. The molecule has 0 aliphatic carbocycles. The van der Waals surface area contributed by atoms with E-state index in [2.05, 4.69) is 31.2 Å². The molecule has 5 heteroatoms. The van der Waals surface area contributed by atoms with Crippen LogP contribution >= 0.6 is 27.5 Å². The summed E-state index contributed by atoms with van der Waals surface area (Å²) >= 11 is 9.56. The maximum absolute atomic E-state index is 6.17. The lowest BCUT2D eigenvalue weighted by atomic mass is 10.1. The smallest absolute Gasteiger partial charge is 0.0835 e. The molecule has 2 aromatic rings. The molecule has 0 spiro atoms. The van der Waals surface area contributed by atoms with Gasteiger partial charge in [0, 0.05) is 16.9 Å². The van der Waals surface area contributed by atoms with Gasteiger partial charge >= 0.3 is 0 Å². The summed E-state index contributed by atoms with van der Waals surface area (Å²) in [5.41, 5.74) is 2.74. The van der Waals surface area contributed by atoms with Crippen molar-refractivity contribution in [2.75, 3.05) is 5.32 Å². The number of benzene rings is 1. The zero-order valence-corrected chi connectivity index (χ0v) is 12.5. The Labute approximate surface area is 120 Å². The van der Waals surface area contributed by atoms with Crippen LogP contribution in [0.5, 0.6) is 0 Å². The lowest BCUT2D eigenvalue weighted by Gasteiger charge is -2.17. The summed E-state index contributed by atoms with van der Waals surface area (Å²) < 4.78 is 0.960. The lowest BCUT2D eigenvalue weighted by molar-refractivity contribution is 0.810. The number of nitrogens with zero attached hydrogens (tertiary/aromatic N) is 2. The van der Waals surface area contributed by atoms with Crippen LogP contribution in [0.1, 0.15) is 24.4 Å². The first-order valence-corrected chi connectivity index (χ1v) is 6.74. The number of hydrogen-bond donors (Lipinski definition) is 1. The molecule has 94 valence electrons. The maximum Gasteiger partial charge on any atom is 0.0835 e. The summed E-state index contributed by atoms with van der Waals surface area (Å²) in [5.74, 6) is 0. The van der Waals surface area contributed by atoms with E-state index in [9.17, 15) is 0 Å². The molecule has 3 nitrogen and oxygen atoms in total. The molecule has 1 heterocycles. The van der Waals surface area contributed by atoms with E-state index in [-0.39, 0.29) is 6.04 Å². The van der Waals surface area contributed by atoms with Crippen LogP contribution in [0.4, 0.5) is 5.69 Å². The Morgan fingerprint density at radius 1 is 1.28 bits per heavy atom. The van der Waals surface area contributed by atoms with E-state index in [4.69, 9.17) is 11.6 Å². The van der Waals surface area contributed by atoms with Crippen molar-refractivity contribution in [3.05, 3.63) is 51.5 Å². The lowest BCUT2D eigenvalue weighted by Crippen LogP contribution is -2.11. The van der Waals surface area contributed by atoms with Gasteiger partial charge in [0.15, 0.2) is 0 Å². The van der Waals surface area contributed by atoms with Crippen LogP contribution < -0.4 is 5.32 Å². The number of halogens is 2. The molecule has 0 radical (unpaired) electrons. The molecule has 0 amide bonds. The van der Waals surface area contributed by atoms with Gasteiger partial charge in [-0.2, -0.15) is 0 Å². The van der Waals surface area contributed by atoms with E-state index in [1.807, 2.05) is 32.0 Å². The molecule has 1 aromatic carbocycles. The van der Waals surface area contributed by atoms with Crippen LogP contribution in [-0.4, -0.2) is 9.97 Å². The first-order valence-electron chi connectivity index (χ1n) is 5.57. The fourth-order valence-corrected chi connectivity index (χ4v) is 2.48. The molecular formula is C13H13BrClN3. The van der Waals surface area contributed by atoms with Crippen LogP contribution in [-0.2, 0) is 0 Å². The molecule has 0 saturated carbocycles. The minimum Gasteiger partial charge on any atom is -0.376 e. The molecule has 1 N–H and O–H groups in total. The molecule has 1 aromatic heterocycles. The van der Waals surface area contributed by atoms with Gasteiger partial charge in [-0.25, -0.2) is 0 Å². The SMILES string of the molecule is Cc1nccnc1C(C)Nc1ccc(Br)cc1Cl. The second kappa shape index (κ2) is 5.67. The maximum atomic E-state index is 6.17. The minimum absolute atomic E-state index is 0.0531. The van der Waals surface area contributed by atoms with E-state index in [0.29, 0.717) is 5.02 Å². The van der Waals surface area contributed by atoms with Crippen molar-refractivity contribution in [1.82, 2.24) is 9.97 Å². The Kier molecular flexibility index (Phi) is 4.19. The number of aromatic nitrogens is 2. The van der Waals surface area contributed by atoms with Gasteiger partial charge in [-0.05, 0) is 32.0 Å². The first kappa shape index (κ1) is 13.3. The van der Waals surface area contributed by atoms with Gasteiger partial charge in [-0.15, -0.1) is 0 Å². The minimum atomic E-state index is 0.0531. The summed E-state index contributed by atoms with van der Waals surface area (Å²) in [5, 5.41) is 4.02. The number of rotatable bonds is 3. The van der Waals surface area contributed by atoms with Crippen LogP contribution in [0.15, 0.2) is 35.1 Å². The largest absolute Gasteiger partial charge is 0.376 e. The molecule has 0 saturated heterocycles. The highest BCUT2D eigenvalue weighted by atomic mass is 79.9. The molecule has 0 aliphatic heterocycles. The number of aryl methyl sites for hydroxylation is 1. The highest BCUT2D eigenvalue weighted by Crippen LogP contribution is 2.28. The van der Waals surface area contributed by atoms with Crippen molar-refractivity contribution in [3.63, 3.8) is 0 Å². The Bertz CT molecular complexity index is 560. The highest BCUT2D eigenvalue weighted by molar-refractivity contribution is 9.10. The topological polar surface area (TPSA) is 37.8 Å². The molecule has 2 rings (SSSR count). The summed E-state index contributed by atoms with van der Waals surface area (Å²) in [4.78, 5) is 8.58. The fourth-order valence-electron chi connectivity index (χ4n) is 1.75. The monoisotopic (exact) mass is 325 g/mol. The molecule has 0 fully saturated rings. The third kappa shape index (κ3) is 3.00. The van der Waals surface area contributed by atoms with Crippen molar-refractivity contribution in [2.45, 2.75) is 19.9 Å². The van der Waals surface area contributed by atoms with Crippen molar-refractivity contribution >= 4 is 33.2 Å². The summed E-state index contributed by atoms with van der Waals surface area (Å²) in [6, 6.07) is 5.80. The average Bonchev–Trinajstić information content (AvgIpc) is 2.33. The molecule has 0 bridgehead atoms. The van der Waals surface area contributed by atoms with Crippen molar-refractivity contribution in [1.29, 1.82) is 0 Å². The fraction of sp³-hybridized carbons (Fsp3) is 0.231.